The Kier molecular flexibility index (Phi) is 4.02. The Morgan fingerprint density at radius 1 is 1.41 bits per heavy atom. The van der Waals surface area contributed by atoms with Crippen molar-refractivity contribution in [1.29, 1.82) is 0 Å². The van der Waals surface area contributed by atoms with Gasteiger partial charge in [0.1, 0.15) is 10.7 Å². The fourth-order valence-electron chi connectivity index (χ4n) is 1.40. The third-order valence-corrected chi connectivity index (χ3v) is 4.01. The molecule has 2 nitrogen and oxygen atoms in total. The van der Waals surface area contributed by atoms with Crippen LogP contribution in [0.4, 0.5) is 0 Å². The van der Waals surface area contributed by atoms with Gasteiger partial charge in [0, 0.05) is 11.6 Å². The maximum absolute atomic E-state index is 6.11. The van der Waals surface area contributed by atoms with Gasteiger partial charge in [0.2, 0.25) is 0 Å². The molecule has 0 radical (unpaired) electrons. The van der Waals surface area contributed by atoms with E-state index in [9.17, 15) is 0 Å². The summed E-state index contributed by atoms with van der Waals surface area (Å²) in [5.74, 6) is 0.464. The molecule has 0 bridgehead atoms. The molecule has 0 aliphatic rings. The minimum absolute atomic E-state index is 0.464. The monoisotopic (exact) mass is 286 g/mol. The zero-order valence-electron chi connectivity index (χ0n) is 9.58. The highest BCUT2D eigenvalue weighted by Crippen LogP contribution is 2.32. The SMILES string of the molecule is CCC(C)c1csc(-c2ncc(Cl)cc2Cl)n1. The van der Waals surface area contributed by atoms with Crippen LogP contribution in [0.1, 0.15) is 31.9 Å². The molecule has 0 spiro atoms. The molecule has 1 unspecified atom stereocenters. The van der Waals surface area contributed by atoms with Gasteiger partial charge < -0.3 is 0 Å². The molecule has 0 aliphatic carbocycles. The summed E-state index contributed by atoms with van der Waals surface area (Å²) >= 11 is 13.5. The molecule has 5 heteroatoms. The summed E-state index contributed by atoms with van der Waals surface area (Å²) in [6, 6.07) is 1.69. The smallest absolute Gasteiger partial charge is 0.143 e. The molecule has 90 valence electrons. The number of pyridine rings is 1. The fraction of sp³-hybridized carbons (Fsp3) is 0.333. The van der Waals surface area contributed by atoms with Crippen LogP contribution in [0.5, 0.6) is 0 Å². The number of hydrogen-bond acceptors (Lipinski definition) is 3. The van der Waals surface area contributed by atoms with E-state index in [2.05, 4.69) is 29.2 Å². The molecular formula is C12H12Cl2N2S. The zero-order chi connectivity index (χ0) is 12.4. The lowest BCUT2D eigenvalue weighted by molar-refractivity contribution is 0.714. The number of rotatable bonds is 3. The number of hydrogen-bond donors (Lipinski definition) is 0. The van der Waals surface area contributed by atoms with Crippen molar-refractivity contribution in [3.63, 3.8) is 0 Å². The number of aromatic nitrogens is 2. The summed E-state index contributed by atoms with van der Waals surface area (Å²) in [5, 5.41) is 4.00. The summed E-state index contributed by atoms with van der Waals surface area (Å²) in [7, 11) is 0. The Bertz CT molecular complexity index is 525. The second kappa shape index (κ2) is 5.34. The van der Waals surface area contributed by atoms with E-state index in [1.807, 2.05) is 0 Å². The normalized spacial score (nSPS) is 12.7. The summed E-state index contributed by atoms with van der Waals surface area (Å²) < 4.78 is 0. The van der Waals surface area contributed by atoms with E-state index in [1.165, 1.54) is 0 Å². The predicted octanol–water partition coefficient (Wildman–Crippen LogP) is 5.03. The van der Waals surface area contributed by atoms with E-state index < -0.39 is 0 Å². The highest BCUT2D eigenvalue weighted by molar-refractivity contribution is 7.13. The van der Waals surface area contributed by atoms with Crippen molar-refractivity contribution in [2.45, 2.75) is 26.2 Å². The van der Waals surface area contributed by atoms with E-state index in [0.717, 1.165) is 17.1 Å². The van der Waals surface area contributed by atoms with Crippen molar-refractivity contribution in [3.8, 4) is 10.7 Å². The molecule has 0 fully saturated rings. The van der Waals surface area contributed by atoms with Gasteiger partial charge >= 0.3 is 0 Å². The number of thiazole rings is 1. The van der Waals surface area contributed by atoms with Gasteiger partial charge in [-0.15, -0.1) is 11.3 Å². The molecule has 0 N–H and O–H groups in total. The lowest BCUT2D eigenvalue weighted by Crippen LogP contribution is -1.92. The van der Waals surface area contributed by atoms with Crippen LogP contribution in [0.3, 0.4) is 0 Å². The Balaban J connectivity index is 2.37. The van der Waals surface area contributed by atoms with Crippen LogP contribution in [0.2, 0.25) is 10.0 Å². The molecule has 1 atom stereocenters. The van der Waals surface area contributed by atoms with Crippen LogP contribution in [0.25, 0.3) is 10.7 Å². The second-order valence-electron chi connectivity index (χ2n) is 3.87. The topological polar surface area (TPSA) is 25.8 Å². The molecule has 2 heterocycles. The predicted molar refractivity (Wildman–Crippen MR) is 74.1 cm³/mol. The summed E-state index contributed by atoms with van der Waals surface area (Å²) in [4.78, 5) is 8.80. The van der Waals surface area contributed by atoms with Gasteiger partial charge in [0.05, 0.1) is 15.7 Å². The molecule has 0 saturated carbocycles. The van der Waals surface area contributed by atoms with Crippen molar-refractivity contribution in [1.82, 2.24) is 9.97 Å². The summed E-state index contributed by atoms with van der Waals surface area (Å²) in [6.45, 7) is 4.31. The molecular weight excluding hydrogens is 275 g/mol. The van der Waals surface area contributed by atoms with E-state index in [0.29, 0.717) is 21.7 Å². The Morgan fingerprint density at radius 2 is 2.18 bits per heavy atom. The fourth-order valence-corrected chi connectivity index (χ4v) is 2.88. The van der Waals surface area contributed by atoms with Crippen LogP contribution in [-0.4, -0.2) is 9.97 Å². The average molecular weight is 287 g/mol. The summed E-state index contributed by atoms with van der Waals surface area (Å²) in [6.07, 6.45) is 2.66. The molecule has 0 aliphatic heterocycles. The van der Waals surface area contributed by atoms with Gasteiger partial charge in [0.15, 0.2) is 0 Å². The Labute approximate surface area is 115 Å². The summed E-state index contributed by atoms with van der Waals surface area (Å²) in [5.41, 5.74) is 1.80. The van der Waals surface area contributed by atoms with Crippen molar-refractivity contribution in [2.75, 3.05) is 0 Å². The standard InChI is InChI=1S/C12H12Cl2N2S/c1-3-7(2)10-6-17-12(16-10)11-9(14)4-8(13)5-15-11/h4-7H,3H2,1-2H3. The van der Waals surface area contributed by atoms with Crippen molar-refractivity contribution in [3.05, 3.63) is 33.4 Å². The highest BCUT2D eigenvalue weighted by atomic mass is 35.5. The average Bonchev–Trinajstić information content (AvgIpc) is 2.77. The lowest BCUT2D eigenvalue weighted by atomic mass is 10.1. The number of nitrogens with zero attached hydrogens (tertiary/aromatic N) is 2. The van der Waals surface area contributed by atoms with Gasteiger partial charge in [-0.3, -0.25) is 4.98 Å². The molecule has 2 rings (SSSR count). The van der Waals surface area contributed by atoms with Crippen LogP contribution in [-0.2, 0) is 0 Å². The minimum atomic E-state index is 0.464. The van der Waals surface area contributed by atoms with E-state index in [4.69, 9.17) is 23.2 Å². The minimum Gasteiger partial charge on any atom is -0.251 e. The lowest BCUT2D eigenvalue weighted by Gasteiger charge is -2.03. The van der Waals surface area contributed by atoms with Crippen LogP contribution < -0.4 is 0 Å². The first-order valence-electron chi connectivity index (χ1n) is 5.38. The zero-order valence-corrected chi connectivity index (χ0v) is 11.9. The first-order chi connectivity index (χ1) is 8.11. The number of halogens is 2. The van der Waals surface area contributed by atoms with Gasteiger partial charge in [0.25, 0.3) is 0 Å². The molecule has 0 amide bonds. The van der Waals surface area contributed by atoms with Gasteiger partial charge in [-0.05, 0) is 18.4 Å². The van der Waals surface area contributed by atoms with Crippen LogP contribution in [0, 0.1) is 0 Å². The van der Waals surface area contributed by atoms with Crippen molar-refractivity contribution < 1.29 is 0 Å². The maximum Gasteiger partial charge on any atom is 0.143 e. The highest BCUT2D eigenvalue weighted by Gasteiger charge is 2.13. The molecule has 17 heavy (non-hydrogen) atoms. The third-order valence-electron chi connectivity index (χ3n) is 2.65. The van der Waals surface area contributed by atoms with E-state index in [-0.39, 0.29) is 0 Å². The molecule has 2 aromatic rings. The molecule has 0 saturated heterocycles. The van der Waals surface area contributed by atoms with Gasteiger partial charge in [-0.1, -0.05) is 37.0 Å². The Hall–Kier alpha value is -0.640. The van der Waals surface area contributed by atoms with Crippen LogP contribution in [0.15, 0.2) is 17.6 Å². The van der Waals surface area contributed by atoms with Crippen molar-refractivity contribution in [2.24, 2.45) is 0 Å². The largest absolute Gasteiger partial charge is 0.251 e. The van der Waals surface area contributed by atoms with E-state index >= 15 is 0 Å². The van der Waals surface area contributed by atoms with Gasteiger partial charge in [-0.25, -0.2) is 4.98 Å². The Morgan fingerprint density at radius 3 is 2.82 bits per heavy atom. The first kappa shape index (κ1) is 12.8. The second-order valence-corrected chi connectivity index (χ2v) is 5.57. The van der Waals surface area contributed by atoms with Crippen LogP contribution >= 0.6 is 34.5 Å². The maximum atomic E-state index is 6.11. The molecule has 0 aromatic carbocycles. The first-order valence-corrected chi connectivity index (χ1v) is 7.02. The van der Waals surface area contributed by atoms with Crippen molar-refractivity contribution >= 4 is 34.5 Å². The molecule has 2 aromatic heterocycles. The third kappa shape index (κ3) is 2.79. The quantitative estimate of drug-likeness (QED) is 0.791. The van der Waals surface area contributed by atoms with E-state index in [1.54, 1.807) is 23.6 Å². The van der Waals surface area contributed by atoms with Gasteiger partial charge in [-0.2, -0.15) is 0 Å².